The van der Waals surface area contributed by atoms with Gasteiger partial charge in [0.2, 0.25) is 0 Å². The fourth-order valence-electron chi connectivity index (χ4n) is 1.75. The van der Waals surface area contributed by atoms with Crippen LogP contribution in [0.2, 0.25) is 10.0 Å². The Morgan fingerprint density at radius 2 is 2.09 bits per heavy atom. The molecule has 1 amide bonds. The molecule has 2 aromatic carbocycles. The van der Waals surface area contributed by atoms with Gasteiger partial charge in [-0.3, -0.25) is 4.79 Å². The maximum Gasteiger partial charge on any atom is 0.271 e. The van der Waals surface area contributed by atoms with Gasteiger partial charge < -0.3 is 4.74 Å². The Balaban J connectivity index is 2.14. The minimum atomic E-state index is -0.329. The van der Waals surface area contributed by atoms with Crippen molar-refractivity contribution in [1.29, 1.82) is 0 Å². The number of benzene rings is 2. The summed E-state index contributed by atoms with van der Waals surface area (Å²) in [6.07, 6.45) is 1.42. The third kappa shape index (κ3) is 4.22. The molecule has 0 atom stereocenters. The Hall–Kier alpha value is -1.56. The lowest BCUT2D eigenvalue weighted by Crippen LogP contribution is -2.17. The number of carbonyl (C=O) groups is 1. The highest BCUT2D eigenvalue weighted by Gasteiger charge is 2.08. The highest BCUT2D eigenvalue weighted by molar-refractivity contribution is 9.10. The molecular formula is C15H11BrCl2N2O2. The van der Waals surface area contributed by atoms with Crippen LogP contribution in [0, 0.1) is 0 Å². The molecule has 0 radical (unpaired) electrons. The number of carbonyl (C=O) groups excluding carboxylic acids is 1. The monoisotopic (exact) mass is 400 g/mol. The van der Waals surface area contributed by atoms with Gasteiger partial charge in [-0.05, 0) is 30.3 Å². The molecular weight excluding hydrogens is 391 g/mol. The normalized spacial score (nSPS) is 10.7. The van der Waals surface area contributed by atoms with Crippen LogP contribution < -0.4 is 10.2 Å². The zero-order valence-electron chi connectivity index (χ0n) is 11.4. The molecule has 0 spiro atoms. The molecule has 0 bridgehead atoms. The number of ether oxygens (including phenoxy) is 1. The van der Waals surface area contributed by atoms with E-state index in [1.54, 1.807) is 30.3 Å². The number of amides is 1. The van der Waals surface area contributed by atoms with E-state index in [4.69, 9.17) is 27.9 Å². The third-order valence-electron chi connectivity index (χ3n) is 2.70. The van der Waals surface area contributed by atoms with Crippen molar-refractivity contribution >= 4 is 51.3 Å². The summed E-state index contributed by atoms with van der Waals surface area (Å²) in [5, 5.41) is 4.72. The van der Waals surface area contributed by atoms with Gasteiger partial charge in [0.25, 0.3) is 5.91 Å². The summed E-state index contributed by atoms with van der Waals surface area (Å²) in [6, 6.07) is 10.2. The molecule has 0 heterocycles. The predicted molar refractivity (Wildman–Crippen MR) is 92.2 cm³/mol. The average Bonchev–Trinajstić information content (AvgIpc) is 2.46. The molecule has 114 valence electrons. The van der Waals surface area contributed by atoms with Crippen molar-refractivity contribution < 1.29 is 9.53 Å². The lowest BCUT2D eigenvalue weighted by molar-refractivity contribution is 0.0955. The second kappa shape index (κ2) is 7.63. The fraction of sp³-hybridized carbons (Fsp3) is 0.0667. The topological polar surface area (TPSA) is 50.7 Å². The van der Waals surface area contributed by atoms with Gasteiger partial charge in [-0.25, -0.2) is 5.43 Å². The van der Waals surface area contributed by atoms with Crippen LogP contribution in [-0.2, 0) is 0 Å². The third-order valence-corrected chi connectivity index (χ3v) is 3.69. The van der Waals surface area contributed by atoms with Crippen LogP contribution >= 0.6 is 39.1 Å². The van der Waals surface area contributed by atoms with Crippen molar-refractivity contribution in [2.24, 2.45) is 5.10 Å². The summed E-state index contributed by atoms with van der Waals surface area (Å²) in [4.78, 5) is 11.9. The van der Waals surface area contributed by atoms with Gasteiger partial charge in [0, 0.05) is 20.6 Å². The van der Waals surface area contributed by atoms with Gasteiger partial charge in [-0.1, -0.05) is 45.2 Å². The number of methoxy groups -OCH3 is 1. The Labute approximate surface area is 146 Å². The lowest BCUT2D eigenvalue weighted by Gasteiger charge is -2.07. The number of hydrogen-bond acceptors (Lipinski definition) is 3. The number of hydrogen-bond donors (Lipinski definition) is 1. The number of rotatable bonds is 4. The van der Waals surface area contributed by atoms with E-state index in [1.807, 2.05) is 6.07 Å². The highest BCUT2D eigenvalue weighted by atomic mass is 79.9. The van der Waals surface area contributed by atoms with E-state index in [-0.39, 0.29) is 5.91 Å². The Morgan fingerprint density at radius 1 is 1.32 bits per heavy atom. The van der Waals surface area contributed by atoms with Gasteiger partial charge in [-0.2, -0.15) is 5.10 Å². The summed E-state index contributed by atoms with van der Waals surface area (Å²) in [6.45, 7) is 0. The van der Waals surface area contributed by atoms with Crippen molar-refractivity contribution in [3.05, 3.63) is 62.0 Å². The maximum atomic E-state index is 11.9. The minimum Gasteiger partial charge on any atom is -0.495 e. The SMILES string of the molecule is COc1c(Cl)cc(Cl)cc1/C=N\NC(=O)c1cccc(Br)c1. The van der Waals surface area contributed by atoms with Crippen LogP contribution in [0.1, 0.15) is 15.9 Å². The standard InChI is InChI=1S/C15H11BrCl2N2O2/c1-22-14-10(6-12(17)7-13(14)18)8-19-20-15(21)9-3-2-4-11(16)5-9/h2-8H,1H3,(H,20,21)/b19-8-. The number of nitrogens with one attached hydrogen (secondary N) is 1. The van der Waals surface area contributed by atoms with Gasteiger partial charge in [0.1, 0.15) is 5.75 Å². The molecule has 0 aliphatic carbocycles. The van der Waals surface area contributed by atoms with Crippen LogP contribution in [0.5, 0.6) is 5.75 Å². The van der Waals surface area contributed by atoms with Crippen molar-refractivity contribution in [1.82, 2.24) is 5.43 Å². The molecule has 0 aliphatic heterocycles. The van der Waals surface area contributed by atoms with E-state index in [1.165, 1.54) is 13.3 Å². The summed E-state index contributed by atoms with van der Waals surface area (Å²) < 4.78 is 6.00. The molecule has 0 fully saturated rings. The molecule has 0 aliphatic rings. The second-order valence-electron chi connectivity index (χ2n) is 4.22. The van der Waals surface area contributed by atoms with Gasteiger partial charge >= 0.3 is 0 Å². The average molecular weight is 402 g/mol. The van der Waals surface area contributed by atoms with E-state index in [0.717, 1.165) is 4.47 Å². The van der Waals surface area contributed by atoms with E-state index in [0.29, 0.717) is 26.9 Å². The van der Waals surface area contributed by atoms with E-state index in [9.17, 15) is 4.79 Å². The van der Waals surface area contributed by atoms with Crippen LogP contribution in [0.3, 0.4) is 0 Å². The first-order valence-corrected chi connectivity index (χ1v) is 7.68. The Bertz CT molecular complexity index is 735. The van der Waals surface area contributed by atoms with Crippen LogP contribution in [-0.4, -0.2) is 19.2 Å². The predicted octanol–water partition coefficient (Wildman–Crippen LogP) is 4.53. The van der Waals surface area contributed by atoms with Crippen molar-refractivity contribution in [3.63, 3.8) is 0 Å². The fourth-order valence-corrected chi connectivity index (χ4v) is 2.73. The van der Waals surface area contributed by atoms with Crippen molar-refractivity contribution in [2.45, 2.75) is 0 Å². The number of halogens is 3. The molecule has 2 aromatic rings. The summed E-state index contributed by atoms with van der Waals surface area (Å²) in [7, 11) is 1.49. The Kier molecular flexibility index (Phi) is 5.83. The van der Waals surface area contributed by atoms with Crippen LogP contribution in [0.25, 0.3) is 0 Å². The molecule has 0 saturated carbocycles. The zero-order chi connectivity index (χ0) is 16.1. The molecule has 0 saturated heterocycles. The molecule has 4 nitrogen and oxygen atoms in total. The van der Waals surface area contributed by atoms with Crippen LogP contribution in [0.15, 0.2) is 46.0 Å². The van der Waals surface area contributed by atoms with Crippen molar-refractivity contribution in [3.8, 4) is 5.75 Å². The van der Waals surface area contributed by atoms with Gasteiger partial charge in [0.05, 0.1) is 18.3 Å². The summed E-state index contributed by atoms with van der Waals surface area (Å²) in [5.41, 5.74) is 3.49. The molecule has 2 rings (SSSR count). The van der Waals surface area contributed by atoms with E-state index in [2.05, 4.69) is 26.5 Å². The van der Waals surface area contributed by atoms with Crippen molar-refractivity contribution in [2.75, 3.05) is 7.11 Å². The smallest absolute Gasteiger partial charge is 0.271 e. The number of hydrazone groups is 1. The summed E-state index contributed by atoms with van der Waals surface area (Å²) >= 11 is 15.3. The van der Waals surface area contributed by atoms with Crippen LogP contribution in [0.4, 0.5) is 0 Å². The lowest BCUT2D eigenvalue weighted by atomic mass is 10.2. The minimum absolute atomic E-state index is 0.329. The van der Waals surface area contributed by atoms with E-state index < -0.39 is 0 Å². The van der Waals surface area contributed by atoms with Gasteiger partial charge in [0.15, 0.2) is 0 Å². The first-order valence-electron chi connectivity index (χ1n) is 6.13. The summed E-state index contributed by atoms with van der Waals surface area (Å²) in [5.74, 6) is 0.108. The zero-order valence-corrected chi connectivity index (χ0v) is 14.5. The molecule has 0 aromatic heterocycles. The highest BCUT2D eigenvalue weighted by Crippen LogP contribution is 2.31. The molecule has 7 heteroatoms. The van der Waals surface area contributed by atoms with E-state index >= 15 is 0 Å². The maximum absolute atomic E-state index is 11.9. The Morgan fingerprint density at radius 3 is 2.77 bits per heavy atom. The van der Waals surface area contributed by atoms with Gasteiger partial charge in [-0.15, -0.1) is 0 Å². The second-order valence-corrected chi connectivity index (χ2v) is 5.98. The quantitative estimate of drug-likeness (QED) is 0.604. The molecule has 22 heavy (non-hydrogen) atoms. The number of nitrogens with zero attached hydrogens (tertiary/aromatic N) is 1. The molecule has 1 N–H and O–H groups in total. The largest absolute Gasteiger partial charge is 0.495 e. The first kappa shape index (κ1) is 16.8. The molecule has 0 unspecified atom stereocenters. The first-order chi connectivity index (χ1) is 10.5.